The third-order valence-corrected chi connectivity index (χ3v) is 4.47. The second-order valence-electron chi connectivity index (χ2n) is 5.79. The fourth-order valence-corrected chi connectivity index (χ4v) is 3.09. The predicted molar refractivity (Wildman–Crippen MR) is 80.1 cm³/mol. The summed E-state index contributed by atoms with van der Waals surface area (Å²) in [5.41, 5.74) is 2.75. The molecular weight excluding hydrogens is 234 g/mol. The first kappa shape index (κ1) is 14.5. The maximum atomic E-state index is 9.41. The van der Waals surface area contributed by atoms with Crippen molar-refractivity contribution in [2.45, 2.75) is 45.6 Å². The zero-order valence-corrected chi connectivity index (χ0v) is 12.1. The summed E-state index contributed by atoms with van der Waals surface area (Å²) in [7, 11) is 0. The SMILES string of the molecule is CCc1ccc(CNCC2CCCCC2CO)cc1. The Morgan fingerprint density at radius 3 is 2.32 bits per heavy atom. The largest absolute Gasteiger partial charge is 0.396 e. The summed E-state index contributed by atoms with van der Waals surface area (Å²) in [6.45, 7) is 4.53. The molecule has 2 nitrogen and oxygen atoms in total. The summed E-state index contributed by atoms with van der Waals surface area (Å²) in [6.07, 6.45) is 6.20. The molecule has 2 unspecified atom stereocenters. The van der Waals surface area contributed by atoms with Crippen LogP contribution in [-0.2, 0) is 13.0 Å². The Hall–Kier alpha value is -0.860. The van der Waals surface area contributed by atoms with Gasteiger partial charge in [0.15, 0.2) is 0 Å². The molecular formula is C17H27NO. The van der Waals surface area contributed by atoms with Gasteiger partial charge >= 0.3 is 0 Å². The Morgan fingerprint density at radius 2 is 1.68 bits per heavy atom. The van der Waals surface area contributed by atoms with Gasteiger partial charge in [-0.1, -0.05) is 44.0 Å². The Kier molecular flexibility index (Phi) is 5.87. The molecule has 1 aromatic rings. The lowest BCUT2D eigenvalue weighted by atomic mass is 9.79. The first-order valence-electron chi connectivity index (χ1n) is 7.73. The smallest absolute Gasteiger partial charge is 0.0462 e. The Labute approximate surface area is 117 Å². The van der Waals surface area contributed by atoms with Crippen LogP contribution in [0.3, 0.4) is 0 Å². The van der Waals surface area contributed by atoms with Gasteiger partial charge in [-0.25, -0.2) is 0 Å². The standard InChI is InChI=1S/C17H27NO/c1-2-14-7-9-15(10-8-14)11-18-12-16-5-3-4-6-17(16)13-19/h7-10,16-19H,2-6,11-13H2,1H3. The quantitative estimate of drug-likeness (QED) is 0.824. The Morgan fingerprint density at radius 1 is 1.05 bits per heavy atom. The van der Waals surface area contributed by atoms with Gasteiger partial charge in [0.1, 0.15) is 0 Å². The maximum Gasteiger partial charge on any atom is 0.0462 e. The number of hydrogen-bond acceptors (Lipinski definition) is 2. The molecule has 0 bridgehead atoms. The van der Waals surface area contributed by atoms with Crippen LogP contribution in [0.2, 0.25) is 0 Å². The van der Waals surface area contributed by atoms with Crippen LogP contribution in [0, 0.1) is 11.8 Å². The van der Waals surface area contributed by atoms with Crippen LogP contribution in [-0.4, -0.2) is 18.3 Å². The summed E-state index contributed by atoms with van der Waals surface area (Å²) in [5, 5.41) is 13.0. The zero-order chi connectivity index (χ0) is 13.5. The lowest BCUT2D eigenvalue weighted by Crippen LogP contribution is -2.32. The zero-order valence-electron chi connectivity index (χ0n) is 12.1. The number of rotatable bonds is 6. The van der Waals surface area contributed by atoms with Crippen LogP contribution < -0.4 is 5.32 Å². The van der Waals surface area contributed by atoms with Gasteiger partial charge in [-0.15, -0.1) is 0 Å². The van der Waals surface area contributed by atoms with Crippen molar-refractivity contribution in [3.63, 3.8) is 0 Å². The molecule has 0 radical (unpaired) electrons. The average Bonchev–Trinajstić information content (AvgIpc) is 2.48. The Balaban J connectivity index is 1.75. The van der Waals surface area contributed by atoms with Crippen LogP contribution in [0.25, 0.3) is 0 Å². The minimum atomic E-state index is 0.359. The van der Waals surface area contributed by atoms with E-state index in [4.69, 9.17) is 0 Å². The number of aliphatic hydroxyl groups excluding tert-OH is 1. The molecule has 2 heteroatoms. The number of aliphatic hydroxyl groups is 1. The molecule has 2 rings (SSSR count). The third kappa shape index (κ3) is 4.32. The first-order valence-corrected chi connectivity index (χ1v) is 7.73. The van der Waals surface area contributed by atoms with Crippen LogP contribution in [0.4, 0.5) is 0 Å². The molecule has 0 spiro atoms. The number of aryl methyl sites for hydroxylation is 1. The molecule has 2 atom stereocenters. The van der Waals surface area contributed by atoms with Crippen LogP contribution in [0.1, 0.15) is 43.7 Å². The molecule has 0 amide bonds. The molecule has 1 aliphatic rings. The average molecular weight is 261 g/mol. The molecule has 0 aromatic heterocycles. The summed E-state index contributed by atoms with van der Waals surface area (Å²) in [4.78, 5) is 0. The first-order chi connectivity index (χ1) is 9.33. The molecule has 1 aromatic carbocycles. The second-order valence-corrected chi connectivity index (χ2v) is 5.79. The van der Waals surface area contributed by atoms with Crippen LogP contribution >= 0.6 is 0 Å². The van der Waals surface area contributed by atoms with Crippen LogP contribution in [0.5, 0.6) is 0 Å². The molecule has 0 heterocycles. The molecule has 2 N–H and O–H groups in total. The molecule has 0 aliphatic heterocycles. The number of benzene rings is 1. The lowest BCUT2D eigenvalue weighted by molar-refractivity contribution is 0.133. The van der Waals surface area contributed by atoms with Crippen LogP contribution in [0.15, 0.2) is 24.3 Å². The molecule has 19 heavy (non-hydrogen) atoms. The van der Waals surface area contributed by atoms with Gasteiger partial charge in [0.05, 0.1) is 0 Å². The van der Waals surface area contributed by atoms with E-state index in [0.29, 0.717) is 18.4 Å². The van der Waals surface area contributed by atoms with Gasteiger partial charge in [-0.2, -0.15) is 0 Å². The summed E-state index contributed by atoms with van der Waals surface area (Å²) in [6, 6.07) is 8.87. The van der Waals surface area contributed by atoms with E-state index < -0.39 is 0 Å². The molecule has 1 saturated carbocycles. The van der Waals surface area contributed by atoms with E-state index in [1.165, 1.54) is 36.8 Å². The minimum absolute atomic E-state index is 0.359. The monoisotopic (exact) mass is 261 g/mol. The lowest BCUT2D eigenvalue weighted by Gasteiger charge is -2.30. The molecule has 0 saturated heterocycles. The van der Waals surface area contributed by atoms with E-state index in [-0.39, 0.29) is 0 Å². The molecule has 1 fully saturated rings. The highest BCUT2D eigenvalue weighted by atomic mass is 16.3. The van der Waals surface area contributed by atoms with Crippen molar-refractivity contribution in [3.8, 4) is 0 Å². The topological polar surface area (TPSA) is 32.3 Å². The van der Waals surface area contributed by atoms with Gasteiger partial charge in [0.2, 0.25) is 0 Å². The van der Waals surface area contributed by atoms with Crippen molar-refractivity contribution in [1.82, 2.24) is 5.32 Å². The van der Waals surface area contributed by atoms with Gasteiger partial charge < -0.3 is 10.4 Å². The van der Waals surface area contributed by atoms with Crippen molar-refractivity contribution >= 4 is 0 Å². The highest BCUT2D eigenvalue weighted by Crippen LogP contribution is 2.29. The van der Waals surface area contributed by atoms with Crippen molar-refractivity contribution in [2.24, 2.45) is 11.8 Å². The van der Waals surface area contributed by atoms with E-state index in [1.54, 1.807) is 0 Å². The highest BCUT2D eigenvalue weighted by Gasteiger charge is 2.23. The van der Waals surface area contributed by atoms with Crippen molar-refractivity contribution in [1.29, 1.82) is 0 Å². The Bertz CT molecular complexity index is 360. The summed E-state index contributed by atoms with van der Waals surface area (Å²) < 4.78 is 0. The maximum absolute atomic E-state index is 9.41. The summed E-state index contributed by atoms with van der Waals surface area (Å²) >= 11 is 0. The fraction of sp³-hybridized carbons (Fsp3) is 0.647. The van der Waals surface area contributed by atoms with E-state index in [1.807, 2.05) is 0 Å². The normalized spacial score (nSPS) is 23.5. The van der Waals surface area contributed by atoms with E-state index >= 15 is 0 Å². The predicted octanol–water partition coefficient (Wildman–Crippen LogP) is 3.14. The second kappa shape index (κ2) is 7.66. The van der Waals surface area contributed by atoms with E-state index in [0.717, 1.165) is 19.5 Å². The van der Waals surface area contributed by atoms with Gasteiger partial charge in [-0.3, -0.25) is 0 Å². The van der Waals surface area contributed by atoms with Crippen molar-refractivity contribution in [3.05, 3.63) is 35.4 Å². The minimum Gasteiger partial charge on any atom is -0.396 e. The third-order valence-electron chi connectivity index (χ3n) is 4.47. The van der Waals surface area contributed by atoms with Crippen molar-refractivity contribution in [2.75, 3.05) is 13.2 Å². The van der Waals surface area contributed by atoms with E-state index in [2.05, 4.69) is 36.5 Å². The van der Waals surface area contributed by atoms with Crippen molar-refractivity contribution < 1.29 is 5.11 Å². The molecule has 106 valence electrons. The van der Waals surface area contributed by atoms with Gasteiger partial charge in [0, 0.05) is 13.2 Å². The molecule has 1 aliphatic carbocycles. The number of nitrogens with one attached hydrogen (secondary N) is 1. The number of hydrogen-bond donors (Lipinski definition) is 2. The van der Waals surface area contributed by atoms with Gasteiger partial charge in [-0.05, 0) is 48.8 Å². The fourth-order valence-electron chi connectivity index (χ4n) is 3.09. The summed E-state index contributed by atoms with van der Waals surface area (Å²) in [5.74, 6) is 1.18. The van der Waals surface area contributed by atoms with Gasteiger partial charge in [0.25, 0.3) is 0 Å². The van der Waals surface area contributed by atoms with E-state index in [9.17, 15) is 5.11 Å². The highest BCUT2D eigenvalue weighted by molar-refractivity contribution is 5.22.